The monoisotopic (exact) mass is 369 g/mol. The van der Waals surface area contributed by atoms with E-state index in [1.54, 1.807) is 24.3 Å². The summed E-state index contributed by atoms with van der Waals surface area (Å²) >= 11 is 6.24. The van der Waals surface area contributed by atoms with Crippen LogP contribution in [0.5, 0.6) is 0 Å². The Morgan fingerprint density at radius 2 is 1.65 bits per heavy atom. The van der Waals surface area contributed by atoms with Crippen molar-refractivity contribution in [1.82, 2.24) is 9.97 Å². The van der Waals surface area contributed by atoms with E-state index in [2.05, 4.69) is 9.97 Å². The first-order valence-electron chi connectivity index (χ1n) is 7.48. The van der Waals surface area contributed by atoms with Crippen molar-refractivity contribution in [3.05, 3.63) is 75.9 Å². The maximum Gasteiger partial charge on any atom is 0.269 e. The number of rotatable bonds is 3. The molecule has 0 amide bonds. The second-order valence-corrected chi connectivity index (χ2v) is 5.82. The first-order valence-corrected chi connectivity index (χ1v) is 7.86. The number of furan rings is 1. The molecule has 0 N–H and O–H groups in total. The molecule has 26 heavy (non-hydrogen) atoms. The molecule has 6 nitrogen and oxygen atoms in total. The average molecular weight is 370 g/mol. The fourth-order valence-corrected chi connectivity index (χ4v) is 2.95. The Hall–Kier alpha value is -3.32. The number of aromatic nitrogens is 2. The van der Waals surface area contributed by atoms with E-state index < -0.39 is 4.92 Å². The Balaban J connectivity index is 1.99. The minimum absolute atomic E-state index is 0.0361. The topological polar surface area (TPSA) is 82.1 Å². The minimum Gasteiger partial charge on any atom is -0.437 e. The lowest BCUT2D eigenvalue weighted by Crippen LogP contribution is -1.88. The van der Waals surface area contributed by atoms with Crippen LogP contribution in [0.1, 0.15) is 0 Å². The van der Waals surface area contributed by atoms with Crippen LogP contribution in [0.25, 0.3) is 33.6 Å². The van der Waals surface area contributed by atoms with Crippen LogP contribution in [-0.2, 0) is 0 Å². The molecule has 2 aromatic carbocycles. The van der Waals surface area contributed by atoms with Gasteiger partial charge in [-0.05, 0) is 29.8 Å². The highest BCUT2D eigenvalue weighted by molar-refractivity contribution is 6.35. The molecule has 2 heterocycles. The molecular weight excluding hydrogens is 361 g/mol. The highest BCUT2D eigenvalue weighted by atomic mass is 35.5. The van der Waals surface area contributed by atoms with Crippen LogP contribution in [-0.4, -0.2) is 14.9 Å². The summed E-state index contributed by atoms with van der Waals surface area (Å²) < 4.78 is 19.2. The molecule has 0 aliphatic heterocycles. The zero-order valence-electron chi connectivity index (χ0n) is 13.0. The molecule has 0 aliphatic rings. The van der Waals surface area contributed by atoms with E-state index in [9.17, 15) is 14.5 Å². The normalized spacial score (nSPS) is 11.0. The lowest BCUT2D eigenvalue weighted by molar-refractivity contribution is -0.384. The van der Waals surface area contributed by atoms with Crippen molar-refractivity contribution < 1.29 is 13.7 Å². The second-order valence-electron chi connectivity index (χ2n) is 5.46. The van der Waals surface area contributed by atoms with Crippen LogP contribution in [0, 0.1) is 15.9 Å². The fraction of sp³-hybridized carbons (Fsp3) is 0. The van der Waals surface area contributed by atoms with Crippen LogP contribution in [0.15, 0.2) is 59.3 Å². The van der Waals surface area contributed by atoms with Crippen LogP contribution < -0.4 is 0 Å². The van der Waals surface area contributed by atoms with Crippen molar-refractivity contribution in [2.45, 2.75) is 0 Å². The standard InChI is InChI=1S/C18H9ClFN3O3/c19-17-15-14(10-1-5-12(20)6-2-10)16(26-18(15)22-9-21-17)11-3-7-13(8-4-11)23(24)25/h1-9H. The molecule has 0 fully saturated rings. The van der Waals surface area contributed by atoms with Gasteiger partial charge >= 0.3 is 0 Å². The van der Waals surface area contributed by atoms with Gasteiger partial charge in [-0.1, -0.05) is 23.7 Å². The zero-order valence-corrected chi connectivity index (χ0v) is 13.8. The van der Waals surface area contributed by atoms with Gasteiger partial charge in [0.2, 0.25) is 5.71 Å². The van der Waals surface area contributed by atoms with Gasteiger partial charge in [-0.2, -0.15) is 0 Å². The van der Waals surface area contributed by atoms with Gasteiger partial charge < -0.3 is 4.42 Å². The maximum absolute atomic E-state index is 13.3. The van der Waals surface area contributed by atoms with Crippen molar-refractivity contribution >= 4 is 28.4 Å². The van der Waals surface area contributed by atoms with Crippen LogP contribution in [0.4, 0.5) is 10.1 Å². The van der Waals surface area contributed by atoms with Gasteiger partial charge in [0.1, 0.15) is 23.1 Å². The first-order chi connectivity index (χ1) is 12.5. The van der Waals surface area contributed by atoms with Crippen LogP contribution >= 0.6 is 11.6 Å². The Morgan fingerprint density at radius 1 is 1.00 bits per heavy atom. The van der Waals surface area contributed by atoms with Gasteiger partial charge in [0.15, 0.2) is 0 Å². The van der Waals surface area contributed by atoms with Crippen molar-refractivity contribution in [2.24, 2.45) is 0 Å². The number of nitro groups is 1. The van der Waals surface area contributed by atoms with E-state index >= 15 is 0 Å². The molecule has 0 radical (unpaired) electrons. The number of non-ortho nitro benzene ring substituents is 1. The highest BCUT2D eigenvalue weighted by Gasteiger charge is 2.22. The SMILES string of the molecule is O=[N+]([O-])c1ccc(-c2oc3ncnc(Cl)c3c2-c2ccc(F)cc2)cc1. The summed E-state index contributed by atoms with van der Waals surface area (Å²) in [6.45, 7) is 0. The van der Waals surface area contributed by atoms with Crippen LogP contribution in [0.3, 0.4) is 0 Å². The number of nitro benzene ring substituents is 1. The average Bonchev–Trinajstić information content (AvgIpc) is 3.03. The summed E-state index contributed by atoms with van der Waals surface area (Å²) in [5, 5.41) is 11.6. The molecule has 4 aromatic rings. The summed E-state index contributed by atoms with van der Waals surface area (Å²) in [5.74, 6) is 0.0460. The molecule has 0 bridgehead atoms. The Bertz CT molecular complexity index is 1130. The molecule has 0 atom stereocenters. The lowest BCUT2D eigenvalue weighted by atomic mass is 9.99. The molecule has 0 saturated heterocycles. The first kappa shape index (κ1) is 16.2. The Morgan fingerprint density at radius 3 is 2.31 bits per heavy atom. The predicted octanol–water partition coefficient (Wildman–Crippen LogP) is 5.26. The molecule has 4 rings (SSSR count). The van der Waals surface area contributed by atoms with Crippen LogP contribution in [0.2, 0.25) is 5.15 Å². The van der Waals surface area contributed by atoms with E-state index in [1.165, 1.54) is 30.6 Å². The molecule has 0 spiro atoms. The van der Waals surface area contributed by atoms with E-state index in [4.69, 9.17) is 16.0 Å². The van der Waals surface area contributed by atoms with Gasteiger partial charge in [0.05, 0.1) is 10.3 Å². The lowest BCUT2D eigenvalue weighted by Gasteiger charge is -2.04. The largest absolute Gasteiger partial charge is 0.437 e. The van der Waals surface area contributed by atoms with E-state index in [0.717, 1.165) is 0 Å². The number of fused-ring (bicyclic) bond motifs is 1. The zero-order chi connectivity index (χ0) is 18.3. The van der Waals surface area contributed by atoms with Crippen molar-refractivity contribution in [3.8, 4) is 22.5 Å². The Labute approximate surface area is 151 Å². The van der Waals surface area contributed by atoms with Crippen molar-refractivity contribution in [1.29, 1.82) is 0 Å². The van der Waals surface area contributed by atoms with Gasteiger partial charge in [0, 0.05) is 23.3 Å². The summed E-state index contributed by atoms with van der Waals surface area (Å²) in [6.07, 6.45) is 1.28. The van der Waals surface area contributed by atoms with E-state index in [1.807, 2.05) is 0 Å². The Kier molecular flexibility index (Phi) is 3.85. The second kappa shape index (κ2) is 6.20. The third kappa shape index (κ3) is 2.68. The van der Waals surface area contributed by atoms with Gasteiger partial charge in [0.25, 0.3) is 5.69 Å². The molecule has 128 valence electrons. The van der Waals surface area contributed by atoms with E-state index in [-0.39, 0.29) is 22.4 Å². The minimum atomic E-state index is -0.481. The highest BCUT2D eigenvalue weighted by Crippen LogP contribution is 2.42. The molecule has 0 unspecified atom stereocenters. The van der Waals surface area contributed by atoms with Gasteiger partial charge in [-0.25, -0.2) is 14.4 Å². The number of nitrogens with zero attached hydrogens (tertiary/aromatic N) is 3. The molecule has 8 heteroatoms. The third-order valence-corrected chi connectivity index (χ3v) is 4.20. The number of hydrogen-bond donors (Lipinski definition) is 0. The molecular formula is C18H9ClFN3O3. The fourth-order valence-electron chi connectivity index (χ4n) is 2.73. The summed E-state index contributed by atoms with van der Waals surface area (Å²) in [5.41, 5.74) is 2.10. The summed E-state index contributed by atoms with van der Waals surface area (Å²) in [4.78, 5) is 18.5. The van der Waals surface area contributed by atoms with Gasteiger partial charge in [-0.15, -0.1) is 0 Å². The molecule has 2 aromatic heterocycles. The smallest absolute Gasteiger partial charge is 0.269 e. The summed E-state index contributed by atoms with van der Waals surface area (Å²) in [7, 11) is 0. The van der Waals surface area contributed by atoms with E-state index in [0.29, 0.717) is 27.8 Å². The molecule has 0 saturated carbocycles. The predicted molar refractivity (Wildman–Crippen MR) is 94.3 cm³/mol. The van der Waals surface area contributed by atoms with Gasteiger partial charge in [-0.3, -0.25) is 10.1 Å². The van der Waals surface area contributed by atoms with Crippen molar-refractivity contribution in [3.63, 3.8) is 0 Å². The number of halogens is 2. The van der Waals surface area contributed by atoms with Crippen molar-refractivity contribution in [2.75, 3.05) is 0 Å². The quantitative estimate of drug-likeness (QED) is 0.279. The third-order valence-electron chi connectivity index (χ3n) is 3.92. The summed E-state index contributed by atoms with van der Waals surface area (Å²) in [6, 6.07) is 11.7. The molecule has 0 aliphatic carbocycles. The maximum atomic E-state index is 13.3. The number of benzene rings is 2. The number of hydrogen-bond acceptors (Lipinski definition) is 5.